The van der Waals surface area contributed by atoms with Crippen LogP contribution in [0.2, 0.25) is 0 Å². The van der Waals surface area contributed by atoms with Crippen LogP contribution in [0.3, 0.4) is 0 Å². The predicted octanol–water partition coefficient (Wildman–Crippen LogP) is 5.46. The first-order valence-corrected chi connectivity index (χ1v) is 9.99. The smallest absolute Gasteiger partial charge is 0.319 e. The summed E-state index contributed by atoms with van der Waals surface area (Å²) < 4.78 is 0.914. The second-order valence-electron chi connectivity index (χ2n) is 6.57. The standard InChI is InChI=1S/C23H19BrN4O2/c1-15(20-10-2-3-11-21(20)24)26-23(30)28-19-9-5-7-17(13-19)22(29)27-18-8-4-6-16(12-18)14-25/h2-13,15H,1H3,(H,27,29)(H2,26,28,30). The highest BCUT2D eigenvalue weighted by Gasteiger charge is 2.13. The third-order valence-corrected chi connectivity index (χ3v) is 5.07. The van der Waals surface area contributed by atoms with Crippen LogP contribution in [0.4, 0.5) is 16.2 Å². The van der Waals surface area contributed by atoms with Gasteiger partial charge in [-0.15, -0.1) is 0 Å². The Kier molecular flexibility index (Phi) is 6.83. The van der Waals surface area contributed by atoms with E-state index >= 15 is 0 Å². The molecule has 0 aliphatic rings. The molecule has 0 aliphatic carbocycles. The first-order chi connectivity index (χ1) is 14.5. The molecule has 0 fully saturated rings. The molecule has 0 heterocycles. The Morgan fingerprint density at radius 3 is 2.37 bits per heavy atom. The van der Waals surface area contributed by atoms with E-state index in [4.69, 9.17) is 5.26 Å². The van der Waals surface area contributed by atoms with E-state index in [2.05, 4.69) is 31.9 Å². The van der Waals surface area contributed by atoms with Gasteiger partial charge in [-0.2, -0.15) is 5.26 Å². The van der Waals surface area contributed by atoms with Crippen LogP contribution in [0.1, 0.15) is 34.5 Å². The molecule has 0 aromatic heterocycles. The van der Waals surface area contributed by atoms with Gasteiger partial charge in [0.2, 0.25) is 0 Å². The van der Waals surface area contributed by atoms with Crippen molar-refractivity contribution < 1.29 is 9.59 Å². The van der Waals surface area contributed by atoms with Crippen LogP contribution < -0.4 is 16.0 Å². The lowest BCUT2D eigenvalue weighted by molar-refractivity contribution is 0.102. The monoisotopic (exact) mass is 462 g/mol. The number of hydrogen-bond acceptors (Lipinski definition) is 3. The molecule has 0 spiro atoms. The maximum Gasteiger partial charge on any atom is 0.319 e. The summed E-state index contributed by atoms with van der Waals surface area (Å²) in [6.45, 7) is 1.89. The summed E-state index contributed by atoms with van der Waals surface area (Å²) >= 11 is 3.48. The molecule has 0 aliphatic heterocycles. The highest BCUT2D eigenvalue weighted by Crippen LogP contribution is 2.23. The number of hydrogen-bond donors (Lipinski definition) is 3. The van der Waals surface area contributed by atoms with Crippen molar-refractivity contribution in [3.63, 3.8) is 0 Å². The van der Waals surface area contributed by atoms with Crippen LogP contribution in [0.15, 0.2) is 77.3 Å². The lowest BCUT2D eigenvalue weighted by atomic mass is 10.1. The number of carbonyl (C=O) groups excluding carboxylic acids is 2. The first kappa shape index (κ1) is 21.1. The molecule has 3 aromatic carbocycles. The number of benzene rings is 3. The Labute approximate surface area is 183 Å². The van der Waals surface area contributed by atoms with Crippen LogP contribution in [-0.2, 0) is 0 Å². The molecule has 30 heavy (non-hydrogen) atoms. The normalized spacial score (nSPS) is 11.1. The molecule has 6 nitrogen and oxygen atoms in total. The Bertz CT molecular complexity index is 1120. The molecule has 1 unspecified atom stereocenters. The van der Waals surface area contributed by atoms with Crippen molar-refractivity contribution in [2.24, 2.45) is 0 Å². The molecule has 0 radical (unpaired) electrons. The number of amides is 3. The fourth-order valence-electron chi connectivity index (χ4n) is 2.88. The topological polar surface area (TPSA) is 94.0 Å². The second kappa shape index (κ2) is 9.72. The molecular weight excluding hydrogens is 444 g/mol. The van der Waals surface area contributed by atoms with Crippen LogP contribution in [0.25, 0.3) is 0 Å². The van der Waals surface area contributed by atoms with Gasteiger partial charge in [0.1, 0.15) is 0 Å². The molecule has 3 amide bonds. The van der Waals surface area contributed by atoms with E-state index in [0.717, 1.165) is 10.0 Å². The lowest BCUT2D eigenvalue weighted by Crippen LogP contribution is -2.31. The van der Waals surface area contributed by atoms with Gasteiger partial charge in [-0.1, -0.05) is 46.3 Å². The Morgan fingerprint density at radius 1 is 0.933 bits per heavy atom. The summed E-state index contributed by atoms with van der Waals surface area (Å²) in [7, 11) is 0. The van der Waals surface area contributed by atoms with Gasteiger partial charge >= 0.3 is 6.03 Å². The number of anilines is 2. The van der Waals surface area contributed by atoms with Gasteiger partial charge in [0, 0.05) is 21.4 Å². The third kappa shape index (κ3) is 5.46. The van der Waals surface area contributed by atoms with Crippen molar-refractivity contribution in [1.29, 1.82) is 5.26 Å². The van der Waals surface area contributed by atoms with Crippen LogP contribution >= 0.6 is 15.9 Å². The van der Waals surface area contributed by atoms with Gasteiger partial charge < -0.3 is 16.0 Å². The number of nitriles is 1. The molecule has 3 rings (SSSR count). The first-order valence-electron chi connectivity index (χ1n) is 9.20. The molecule has 7 heteroatoms. The molecule has 3 aromatic rings. The largest absolute Gasteiger partial charge is 0.331 e. The van der Waals surface area contributed by atoms with Crippen LogP contribution in [-0.4, -0.2) is 11.9 Å². The summed E-state index contributed by atoms with van der Waals surface area (Å²) in [5.74, 6) is -0.337. The number of carbonyl (C=O) groups is 2. The zero-order chi connectivity index (χ0) is 21.5. The van der Waals surface area contributed by atoms with E-state index in [9.17, 15) is 9.59 Å². The SMILES string of the molecule is CC(NC(=O)Nc1cccc(C(=O)Nc2cccc(C#N)c2)c1)c1ccccc1Br. The van der Waals surface area contributed by atoms with Gasteiger partial charge in [-0.3, -0.25) is 4.79 Å². The Hall–Kier alpha value is -3.63. The van der Waals surface area contributed by atoms with Crippen molar-refractivity contribution in [2.75, 3.05) is 10.6 Å². The zero-order valence-corrected chi connectivity index (χ0v) is 17.7. The molecule has 150 valence electrons. The maximum atomic E-state index is 12.5. The van der Waals surface area contributed by atoms with Crippen molar-refractivity contribution >= 4 is 39.2 Å². The molecular formula is C23H19BrN4O2. The third-order valence-electron chi connectivity index (χ3n) is 4.35. The highest BCUT2D eigenvalue weighted by molar-refractivity contribution is 9.10. The van der Waals surface area contributed by atoms with Crippen molar-refractivity contribution in [1.82, 2.24) is 5.32 Å². The molecule has 3 N–H and O–H groups in total. The summed E-state index contributed by atoms with van der Waals surface area (Å²) in [5, 5.41) is 17.3. The maximum absolute atomic E-state index is 12.5. The minimum absolute atomic E-state index is 0.209. The van der Waals surface area contributed by atoms with E-state index in [1.165, 1.54) is 0 Å². The predicted molar refractivity (Wildman–Crippen MR) is 120 cm³/mol. The number of rotatable bonds is 5. The van der Waals surface area contributed by atoms with Crippen LogP contribution in [0.5, 0.6) is 0 Å². The van der Waals surface area contributed by atoms with E-state index in [1.54, 1.807) is 48.5 Å². The number of nitrogens with one attached hydrogen (secondary N) is 3. The van der Waals surface area contributed by atoms with Gasteiger partial charge in [0.25, 0.3) is 5.91 Å². The van der Waals surface area contributed by atoms with Gasteiger partial charge in [-0.25, -0.2) is 4.79 Å². The lowest BCUT2D eigenvalue weighted by Gasteiger charge is -2.16. The van der Waals surface area contributed by atoms with Crippen molar-refractivity contribution in [3.05, 3.63) is 94.0 Å². The van der Waals surface area contributed by atoms with Crippen molar-refractivity contribution in [3.8, 4) is 6.07 Å². The molecule has 0 saturated carbocycles. The minimum atomic E-state index is -0.377. The van der Waals surface area contributed by atoms with Gasteiger partial charge in [-0.05, 0) is 55.0 Å². The van der Waals surface area contributed by atoms with E-state index < -0.39 is 0 Å². The second-order valence-corrected chi connectivity index (χ2v) is 7.42. The number of halogens is 1. The highest BCUT2D eigenvalue weighted by atomic mass is 79.9. The summed E-state index contributed by atoms with van der Waals surface area (Å²) in [5.41, 5.74) is 2.82. The number of nitrogens with zero attached hydrogens (tertiary/aromatic N) is 1. The minimum Gasteiger partial charge on any atom is -0.331 e. The van der Waals surface area contributed by atoms with Crippen molar-refractivity contribution in [2.45, 2.75) is 13.0 Å². The summed E-state index contributed by atoms with van der Waals surface area (Å²) in [4.78, 5) is 24.9. The summed E-state index contributed by atoms with van der Waals surface area (Å²) in [6, 6.07) is 22.4. The average Bonchev–Trinajstić information content (AvgIpc) is 2.74. The van der Waals surface area contributed by atoms with Gasteiger partial charge in [0.05, 0.1) is 17.7 Å². The molecule has 0 bridgehead atoms. The van der Waals surface area contributed by atoms with E-state index in [0.29, 0.717) is 22.5 Å². The van der Waals surface area contributed by atoms with Crippen LogP contribution in [0, 0.1) is 11.3 Å². The Morgan fingerprint density at radius 2 is 1.63 bits per heavy atom. The Balaban J connectivity index is 1.64. The van der Waals surface area contributed by atoms with E-state index in [-0.39, 0.29) is 18.0 Å². The zero-order valence-electron chi connectivity index (χ0n) is 16.1. The van der Waals surface area contributed by atoms with Gasteiger partial charge in [0.15, 0.2) is 0 Å². The number of urea groups is 1. The molecule has 1 atom stereocenters. The quantitative estimate of drug-likeness (QED) is 0.469. The van der Waals surface area contributed by atoms with E-state index in [1.807, 2.05) is 37.3 Å². The average molecular weight is 463 g/mol. The molecule has 0 saturated heterocycles. The fraction of sp³-hybridized carbons (Fsp3) is 0.0870. The summed E-state index contributed by atoms with van der Waals surface area (Å²) in [6.07, 6.45) is 0. The fourth-order valence-corrected chi connectivity index (χ4v) is 3.50.